The number of aromatic nitrogens is 2. The van der Waals surface area contributed by atoms with Crippen molar-refractivity contribution in [2.24, 2.45) is 5.92 Å². The molecule has 2 amide bonds. The first-order valence-corrected chi connectivity index (χ1v) is 8.72. The second kappa shape index (κ2) is 6.13. The average Bonchev–Trinajstić information content (AvgIpc) is 3.16. The molecule has 2 aromatic rings. The van der Waals surface area contributed by atoms with Gasteiger partial charge in [-0.15, -0.1) is 21.5 Å². The summed E-state index contributed by atoms with van der Waals surface area (Å²) in [6.45, 7) is 4.38. The molecule has 3 rings (SSSR count). The number of rotatable bonds is 4. The van der Waals surface area contributed by atoms with E-state index in [1.54, 1.807) is 16.2 Å². The zero-order valence-corrected chi connectivity index (χ0v) is 13.9. The van der Waals surface area contributed by atoms with Crippen molar-refractivity contribution in [3.05, 3.63) is 17.5 Å². The highest BCUT2D eigenvalue weighted by atomic mass is 32.1. The Hall–Kier alpha value is -1.80. The molecule has 0 radical (unpaired) electrons. The molecule has 6 nitrogen and oxygen atoms in total. The molecule has 3 heterocycles. The molecule has 1 aliphatic heterocycles. The summed E-state index contributed by atoms with van der Waals surface area (Å²) in [5.41, 5.74) is 0. The van der Waals surface area contributed by atoms with Crippen molar-refractivity contribution in [3.8, 4) is 9.88 Å². The Balaban J connectivity index is 1.64. The van der Waals surface area contributed by atoms with E-state index in [0.29, 0.717) is 11.7 Å². The Bertz CT molecular complexity index is 681. The van der Waals surface area contributed by atoms with Gasteiger partial charge in [-0.05, 0) is 25.3 Å². The predicted octanol–water partition coefficient (Wildman–Crippen LogP) is 2.46. The van der Waals surface area contributed by atoms with Crippen LogP contribution in [0.2, 0.25) is 0 Å². The number of hydrogen-bond acceptors (Lipinski definition) is 6. The minimum atomic E-state index is -0.316. The number of nitrogens with one attached hydrogen (secondary N) is 1. The van der Waals surface area contributed by atoms with Crippen LogP contribution in [0.15, 0.2) is 17.5 Å². The fraction of sp³-hybridized carbons (Fsp3) is 0.429. The van der Waals surface area contributed by atoms with Crippen LogP contribution in [0.4, 0.5) is 5.13 Å². The van der Waals surface area contributed by atoms with Crippen molar-refractivity contribution in [2.75, 3.05) is 11.9 Å². The summed E-state index contributed by atoms with van der Waals surface area (Å²) in [6.07, 6.45) is 0.264. The normalized spacial score (nSPS) is 18.2. The third-order valence-corrected chi connectivity index (χ3v) is 5.42. The van der Waals surface area contributed by atoms with Crippen LogP contribution in [0, 0.1) is 5.92 Å². The molecule has 0 aromatic carbocycles. The maximum atomic E-state index is 12.3. The number of hydrogen-bond donors (Lipinski definition) is 1. The Kier molecular flexibility index (Phi) is 4.21. The molecule has 2 aromatic heterocycles. The monoisotopic (exact) mass is 336 g/mol. The summed E-state index contributed by atoms with van der Waals surface area (Å²) in [4.78, 5) is 26.9. The van der Waals surface area contributed by atoms with E-state index in [9.17, 15) is 9.59 Å². The van der Waals surface area contributed by atoms with Gasteiger partial charge in [0, 0.05) is 19.0 Å². The predicted molar refractivity (Wildman–Crippen MR) is 86.8 cm³/mol. The van der Waals surface area contributed by atoms with Crippen LogP contribution < -0.4 is 5.32 Å². The van der Waals surface area contributed by atoms with Gasteiger partial charge in [0.15, 0.2) is 5.01 Å². The Morgan fingerprint density at radius 2 is 2.27 bits per heavy atom. The number of amides is 2. The Morgan fingerprint density at radius 3 is 2.91 bits per heavy atom. The second-order valence-corrected chi connectivity index (χ2v) is 7.35. The van der Waals surface area contributed by atoms with E-state index in [2.05, 4.69) is 15.5 Å². The minimum absolute atomic E-state index is 0.0340. The summed E-state index contributed by atoms with van der Waals surface area (Å²) < 4.78 is 0. The van der Waals surface area contributed by atoms with Crippen LogP contribution in [0.1, 0.15) is 20.3 Å². The number of nitrogens with zero attached hydrogens (tertiary/aromatic N) is 3. The molecule has 0 bridgehead atoms. The minimum Gasteiger partial charge on any atom is -0.339 e. The molecule has 1 fully saturated rings. The summed E-state index contributed by atoms with van der Waals surface area (Å²) in [6, 6.07) is 4.04. The lowest BCUT2D eigenvalue weighted by Gasteiger charge is -2.20. The second-order valence-electron chi connectivity index (χ2n) is 5.42. The van der Waals surface area contributed by atoms with Gasteiger partial charge >= 0.3 is 0 Å². The van der Waals surface area contributed by atoms with Gasteiger partial charge in [-0.3, -0.25) is 9.59 Å². The van der Waals surface area contributed by atoms with Gasteiger partial charge in [0.2, 0.25) is 16.9 Å². The molecule has 22 heavy (non-hydrogen) atoms. The lowest BCUT2D eigenvalue weighted by Crippen LogP contribution is -2.33. The summed E-state index contributed by atoms with van der Waals surface area (Å²) in [5.74, 6) is -0.443. The van der Waals surface area contributed by atoms with Crippen LogP contribution in [0.5, 0.6) is 0 Å². The van der Waals surface area contributed by atoms with Crippen LogP contribution in [-0.4, -0.2) is 39.5 Å². The number of thiophene rings is 1. The van der Waals surface area contributed by atoms with Gasteiger partial charge < -0.3 is 10.2 Å². The largest absolute Gasteiger partial charge is 0.339 e. The Morgan fingerprint density at radius 1 is 1.45 bits per heavy atom. The van der Waals surface area contributed by atoms with Crippen LogP contribution in [-0.2, 0) is 9.59 Å². The van der Waals surface area contributed by atoms with E-state index in [1.165, 1.54) is 11.3 Å². The fourth-order valence-corrected chi connectivity index (χ4v) is 3.93. The van der Waals surface area contributed by atoms with Gasteiger partial charge in [-0.25, -0.2) is 0 Å². The first-order chi connectivity index (χ1) is 10.5. The van der Waals surface area contributed by atoms with Crippen molar-refractivity contribution >= 4 is 39.6 Å². The van der Waals surface area contributed by atoms with Crippen LogP contribution in [0.25, 0.3) is 9.88 Å². The van der Waals surface area contributed by atoms with E-state index in [4.69, 9.17) is 0 Å². The van der Waals surface area contributed by atoms with Crippen molar-refractivity contribution in [1.29, 1.82) is 0 Å². The summed E-state index contributed by atoms with van der Waals surface area (Å²) in [7, 11) is 0. The number of carbonyl (C=O) groups is 2. The van der Waals surface area contributed by atoms with E-state index < -0.39 is 0 Å². The highest BCUT2D eigenvalue weighted by molar-refractivity contribution is 7.23. The molecule has 0 aliphatic carbocycles. The molecular weight excluding hydrogens is 320 g/mol. The number of carbonyl (C=O) groups excluding carboxylic acids is 2. The third-order valence-electron chi connectivity index (χ3n) is 3.54. The van der Waals surface area contributed by atoms with E-state index in [1.807, 2.05) is 31.4 Å². The smallest absolute Gasteiger partial charge is 0.231 e. The average molecular weight is 336 g/mol. The maximum absolute atomic E-state index is 12.3. The van der Waals surface area contributed by atoms with E-state index in [-0.39, 0.29) is 30.2 Å². The quantitative estimate of drug-likeness (QED) is 0.930. The van der Waals surface area contributed by atoms with Crippen molar-refractivity contribution in [2.45, 2.75) is 26.3 Å². The zero-order chi connectivity index (χ0) is 15.7. The zero-order valence-electron chi connectivity index (χ0n) is 12.3. The standard InChI is InChI=1S/C14H16N4O2S2/c1-8(2)18-7-9(6-11(18)19)12(20)15-14-17-16-13(22-14)10-4-3-5-21-10/h3-5,8-9H,6-7H2,1-2H3,(H,15,17,20). The first-order valence-electron chi connectivity index (χ1n) is 7.02. The van der Waals surface area contributed by atoms with Gasteiger partial charge in [0.25, 0.3) is 0 Å². The van der Waals surface area contributed by atoms with Crippen molar-refractivity contribution in [1.82, 2.24) is 15.1 Å². The summed E-state index contributed by atoms with van der Waals surface area (Å²) in [5, 5.41) is 14.1. The van der Waals surface area contributed by atoms with Crippen molar-refractivity contribution < 1.29 is 9.59 Å². The lowest BCUT2D eigenvalue weighted by molar-refractivity contribution is -0.129. The first kappa shape index (κ1) is 15.1. The number of anilines is 1. The topological polar surface area (TPSA) is 75.2 Å². The third kappa shape index (κ3) is 3.02. The van der Waals surface area contributed by atoms with Gasteiger partial charge in [0.05, 0.1) is 10.8 Å². The van der Waals surface area contributed by atoms with Gasteiger partial charge in [-0.2, -0.15) is 0 Å². The highest BCUT2D eigenvalue weighted by Crippen LogP contribution is 2.30. The SMILES string of the molecule is CC(C)N1CC(C(=O)Nc2nnc(-c3cccs3)s2)CC1=O. The fourth-order valence-electron chi connectivity index (χ4n) is 2.39. The molecule has 1 N–H and O–H groups in total. The van der Waals surface area contributed by atoms with Crippen molar-refractivity contribution in [3.63, 3.8) is 0 Å². The molecule has 1 unspecified atom stereocenters. The summed E-state index contributed by atoms with van der Waals surface area (Å²) >= 11 is 2.92. The highest BCUT2D eigenvalue weighted by Gasteiger charge is 2.35. The maximum Gasteiger partial charge on any atom is 0.231 e. The lowest BCUT2D eigenvalue weighted by atomic mass is 10.1. The van der Waals surface area contributed by atoms with E-state index in [0.717, 1.165) is 9.88 Å². The van der Waals surface area contributed by atoms with E-state index >= 15 is 0 Å². The van der Waals surface area contributed by atoms with Gasteiger partial charge in [-0.1, -0.05) is 17.4 Å². The molecule has 116 valence electrons. The molecule has 8 heteroatoms. The molecule has 1 saturated heterocycles. The molecule has 1 aliphatic rings. The molecule has 0 spiro atoms. The molecule has 0 saturated carbocycles. The molecule has 1 atom stereocenters. The van der Waals surface area contributed by atoms with Gasteiger partial charge in [0.1, 0.15) is 0 Å². The number of likely N-dealkylation sites (tertiary alicyclic amines) is 1. The van der Waals surface area contributed by atoms with Crippen LogP contribution >= 0.6 is 22.7 Å². The Labute approximate surface area is 136 Å². The van der Waals surface area contributed by atoms with Crippen LogP contribution in [0.3, 0.4) is 0 Å². The molecular formula is C14H16N4O2S2.